The van der Waals surface area contributed by atoms with Crippen LogP contribution in [0.3, 0.4) is 0 Å². The second-order valence-corrected chi connectivity index (χ2v) is 6.16. The van der Waals surface area contributed by atoms with E-state index in [4.69, 9.17) is 0 Å². The standard InChI is InChI=1S/C22H21NO/c1-17(2)19-8-5-18(6-9-19)7-14-22(24)20-10-12-21(13-11-20)23-15-3-4-16-23/h3-17H,1-2H3/b14-7+. The molecule has 0 saturated carbocycles. The van der Waals surface area contributed by atoms with Crippen LogP contribution in [0.25, 0.3) is 11.8 Å². The van der Waals surface area contributed by atoms with Gasteiger partial charge in [-0.15, -0.1) is 0 Å². The van der Waals surface area contributed by atoms with Crippen molar-refractivity contribution >= 4 is 11.9 Å². The zero-order valence-electron chi connectivity index (χ0n) is 14.0. The van der Waals surface area contributed by atoms with Gasteiger partial charge in [0, 0.05) is 23.6 Å². The van der Waals surface area contributed by atoms with E-state index < -0.39 is 0 Å². The molecule has 3 aromatic rings. The van der Waals surface area contributed by atoms with E-state index in [1.54, 1.807) is 6.08 Å². The Morgan fingerprint density at radius 2 is 1.54 bits per heavy atom. The molecule has 3 rings (SSSR count). The maximum Gasteiger partial charge on any atom is 0.185 e. The first-order chi connectivity index (χ1) is 11.6. The van der Waals surface area contributed by atoms with Gasteiger partial charge in [-0.1, -0.05) is 44.2 Å². The van der Waals surface area contributed by atoms with Crippen molar-refractivity contribution in [1.29, 1.82) is 0 Å². The molecular weight excluding hydrogens is 294 g/mol. The lowest BCUT2D eigenvalue weighted by molar-refractivity contribution is 0.104. The van der Waals surface area contributed by atoms with Gasteiger partial charge in [-0.05, 0) is 59.5 Å². The summed E-state index contributed by atoms with van der Waals surface area (Å²) in [6, 6.07) is 19.9. The highest BCUT2D eigenvalue weighted by Gasteiger charge is 2.03. The molecule has 0 radical (unpaired) electrons. The molecule has 0 aliphatic heterocycles. The van der Waals surface area contributed by atoms with Gasteiger partial charge in [0.2, 0.25) is 0 Å². The van der Waals surface area contributed by atoms with E-state index in [0.717, 1.165) is 11.3 Å². The van der Waals surface area contributed by atoms with Crippen molar-refractivity contribution in [1.82, 2.24) is 4.57 Å². The fraction of sp³-hybridized carbons (Fsp3) is 0.136. The number of nitrogens with zero attached hydrogens (tertiary/aromatic N) is 1. The largest absolute Gasteiger partial charge is 0.324 e. The van der Waals surface area contributed by atoms with Crippen molar-refractivity contribution in [2.24, 2.45) is 0 Å². The van der Waals surface area contributed by atoms with Crippen LogP contribution in [0.1, 0.15) is 41.3 Å². The number of ketones is 1. The molecule has 1 aromatic heterocycles. The molecule has 0 amide bonds. The molecule has 0 aliphatic carbocycles. The number of carbonyl (C=O) groups excluding carboxylic acids is 1. The smallest absolute Gasteiger partial charge is 0.185 e. The number of rotatable bonds is 5. The van der Waals surface area contributed by atoms with E-state index in [1.165, 1.54) is 5.56 Å². The third-order valence-electron chi connectivity index (χ3n) is 4.08. The molecule has 24 heavy (non-hydrogen) atoms. The first kappa shape index (κ1) is 16.0. The lowest BCUT2D eigenvalue weighted by Crippen LogP contribution is -1.96. The lowest BCUT2D eigenvalue weighted by Gasteiger charge is -2.05. The average molecular weight is 315 g/mol. The van der Waals surface area contributed by atoms with Gasteiger partial charge < -0.3 is 4.57 Å². The number of hydrogen-bond acceptors (Lipinski definition) is 1. The molecule has 0 bridgehead atoms. The average Bonchev–Trinajstić information content (AvgIpc) is 3.15. The highest BCUT2D eigenvalue weighted by Crippen LogP contribution is 2.16. The molecule has 0 aliphatic rings. The second kappa shape index (κ2) is 7.14. The Bertz CT molecular complexity index is 823. The van der Waals surface area contributed by atoms with Crippen LogP contribution in [0.5, 0.6) is 0 Å². The van der Waals surface area contributed by atoms with Gasteiger partial charge in [-0.2, -0.15) is 0 Å². The molecular formula is C22H21NO. The van der Waals surface area contributed by atoms with Gasteiger partial charge in [-0.3, -0.25) is 4.79 Å². The number of hydrogen-bond donors (Lipinski definition) is 0. The fourth-order valence-electron chi connectivity index (χ4n) is 2.56. The van der Waals surface area contributed by atoms with E-state index >= 15 is 0 Å². The van der Waals surface area contributed by atoms with E-state index in [-0.39, 0.29) is 5.78 Å². The molecule has 0 unspecified atom stereocenters. The Hall–Kier alpha value is -2.87. The molecule has 120 valence electrons. The van der Waals surface area contributed by atoms with Gasteiger partial charge in [0.15, 0.2) is 5.78 Å². The first-order valence-corrected chi connectivity index (χ1v) is 8.19. The summed E-state index contributed by atoms with van der Waals surface area (Å²) in [6.07, 6.45) is 7.47. The maximum absolute atomic E-state index is 12.3. The van der Waals surface area contributed by atoms with E-state index in [2.05, 4.69) is 26.0 Å². The summed E-state index contributed by atoms with van der Waals surface area (Å²) in [5.74, 6) is 0.533. The lowest BCUT2D eigenvalue weighted by atomic mass is 10.0. The second-order valence-electron chi connectivity index (χ2n) is 6.16. The van der Waals surface area contributed by atoms with Crippen molar-refractivity contribution in [3.63, 3.8) is 0 Å². The van der Waals surface area contributed by atoms with Crippen molar-refractivity contribution in [2.75, 3.05) is 0 Å². The summed E-state index contributed by atoms with van der Waals surface area (Å²) < 4.78 is 2.01. The van der Waals surface area contributed by atoms with Crippen LogP contribution in [0.4, 0.5) is 0 Å². The van der Waals surface area contributed by atoms with Gasteiger partial charge in [-0.25, -0.2) is 0 Å². The highest BCUT2D eigenvalue weighted by atomic mass is 16.1. The van der Waals surface area contributed by atoms with Gasteiger partial charge >= 0.3 is 0 Å². The molecule has 2 nitrogen and oxygen atoms in total. The quantitative estimate of drug-likeness (QED) is 0.450. The molecule has 1 heterocycles. The fourth-order valence-corrected chi connectivity index (χ4v) is 2.56. The van der Waals surface area contributed by atoms with Crippen LogP contribution in [0.15, 0.2) is 79.1 Å². The molecule has 2 heteroatoms. The van der Waals surface area contributed by atoms with Crippen LogP contribution in [-0.2, 0) is 0 Å². The highest BCUT2D eigenvalue weighted by molar-refractivity contribution is 6.06. The predicted molar refractivity (Wildman–Crippen MR) is 99.7 cm³/mol. The number of carbonyl (C=O) groups is 1. The summed E-state index contributed by atoms with van der Waals surface area (Å²) >= 11 is 0. The molecule has 0 saturated heterocycles. The zero-order valence-corrected chi connectivity index (χ0v) is 14.0. The topological polar surface area (TPSA) is 22.0 Å². The van der Waals surface area contributed by atoms with Crippen molar-refractivity contribution in [2.45, 2.75) is 19.8 Å². The zero-order chi connectivity index (χ0) is 16.9. The number of allylic oxidation sites excluding steroid dienone is 1. The Labute approximate surface area is 143 Å². The number of benzene rings is 2. The number of aromatic nitrogens is 1. The van der Waals surface area contributed by atoms with Gasteiger partial charge in [0.05, 0.1) is 0 Å². The summed E-state index contributed by atoms with van der Waals surface area (Å²) in [5.41, 5.74) is 4.08. The van der Waals surface area contributed by atoms with E-state index in [9.17, 15) is 4.79 Å². The molecule has 2 aromatic carbocycles. The van der Waals surface area contributed by atoms with Crippen molar-refractivity contribution < 1.29 is 4.79 Å². The van der Waals surface area contributed by atoms with Crippen molar-refractivity contribution in [3.05, 3.63) is 95.8 Å². The van der Waals surface area contributed by atoms with Gasteiger partial charge in [0.1, 0.15) is 0 Å². The minimum Gasteiger partial charge on any atom is -0.324 e. The minimum atomic E-state index is 0.0157. The Kier molecular flexibility index (Phi) is 4.76. The maximum atomic E-state index is 12.3. The predicted octanol–water partition coefficient (Wildman–Crippen LogP) is 5.50. The normalized spacial score (nSPS) is 11.3. The summed E-state index contributed by atoms with van der Waals surface area (Å²) in [6.45, 7) is 4.34. The molecule has 0 atom stereocenters. The summed E-state index contributed by atoms with van der Waals surface area (Å²) in [7, 11) is 0. The third-order valence-corrected chi connectivity index (χ3v) is 4.08. The SMILES string of the molecule is CC(C)c1ccc(/C=C/C(=O)c2ccc(-n3cccc3)cc2)cc1. The van der Waals surface area contributed by atoms with Crippen LogP contribution in [0.2, 0.25) is 0 Å². The molecule has 0 fully saturated rings. The van der Waals surface area contributed by atoms with Crippen LogP contribution >= 0.6 is 0 Å². The van der Waals surface area contributed by atoms with E-state index in [1.807, 2.05) is 71.6 Å². The molecule has 0 spiro atoms. The van der Waals surface area contributed by atoms with Gasteiger partial charge in [0.25, 0.3) is 0 Å². The molecule has 0 N–H and O–H groups in total. The first-order valence-electron chi connectivity index (χ1n) is 8.19. The van der Waals surface area contributed by atoms with E-state index in [0.29, 0.717) is 11.5 Å². The summed E-state index contributed by atoms with van der Waals surface area (Å²) in [4.78, 5) is 12.3. The summed E-state index contributed by atoms with van der Waals surface area (Å²) in [5, 5.41) is 0. The van der Waals surface area contributed by atoms with Crippen LogP contribution in [-0.4, -0.2) is 10.4 Å². The Morgan fingerprint density at radius 1 is 0.917 bits per heavy atom. The van der Waals surface area contributed by atoms with Crippen LogP contribution < -0.4 is 0 Å². The Balaban J connectivity index is 1.70. The van der Waals surface area contributed by atoms with Crippen LogP contribution in [0, 0.1) is 0 Å². The minimum absolute atomic E-state index is 0.0157. The van der Waals surface area contributed by atoms with Crippen molar-refractivity contribution in [3.8, 4) is 5.69 Å². The Morgan fingerprint density at radius 3 is 2.12 bits per heavy atom. The third kappa shape index (κ3) is 3.72. The monoisotopic (exact) mass is 315 g/mol.